The van der Waals surface area contributed by atoms with Crippen molar-refractivity contribution in [3.8, 4) is 0 Å². The van der Waals surface area contributed by atoms with Gasteiger partial charge in [0.25, 0.3) is 0 Å². The topological polar surface area (TPSA) is 44.2 Å². The summed E-state index contributed by atoms with van der Waals surface area (Å²) in [5.41, 5.74) is 5.31. The van der Waals surface area contributed by atoms with Gasteiger partial charge in [0, 0.05) is 11.5 Å². The zero-order chi connectivity index (χ0) is 9.54. The molecule has 2 aromatic carbocycles. The molecule has 5 N–H and O–H groups in total. The lowest BCUT2D eigenvalue weighted by molar-refractivity contribution is -0.517. The molecule has 3 rings (SSSR count). The first-order chi connectivity index (χ1) is 6.84. The highest BCUT2D eigenvalue weighted by Crippen LogP contribution is 2.25. The van der Waals surface area contributed by atoms with E-state index in [0.717, 1.165) is 5.11 Å². The lowest BCUT2D eigenvalue weighted by Gasteiger charge is -1.95. The molecule has 0 atom stereocenters. The van der Waals surface area contributed by atoms with Gasteiger partial charge in [0.15, 0.2) is 0 Å². The fourth-order valence-electron chi connectivity index (χ4n) is 1.85. The Morgan fingerprint density at radius 3 is 2.86 bits per heavy atom. The minimum absolute atomic E-state index is 1.14. The second-order valence-electron chi connectivity index (χ2n) is 3.41. The average molecular weight is 203 g/mol. The van der Waals surface area contributed by atoms with Gasteiger partial charge in [0.1, 0.15) is 0 Å². The van der Waals surface area contributed by atoms with Gasteiger partial charge in [-0.15, -0.1) is 0 Å². The maximum Gasteiger partial charge on any atom is 0.548 e. The molecule has 0 saturated carbocycles. The second kappa shape index (κ2) is 2.85. The number of hydrogen-bond acceptors (Lipinski definition) is 0. The van der Waals surface area contributed by atoms with Crippen molar-refractivity contribution in [3.05, 3.63) is 36.4 Å². The van der Waals surface area contributed by atoms with Gasteiger partial charge in [0.2, 0.25) is 5.69 Å². The third kappa shape index (κ3) is 1.07. The van der Waals surface area contributed by atoms with Crippen molar-refractivity contribution in [2.45, 2.75) is 4.90 Å². The molecule has 0 fully saturated rings. The van der Waals surface area contributed by atoms with Gasteiger partial charge >= 0.3 is 21.4 Å². The van der Waals surface area contributed by atoms with E-state index in [-0.39, 0.29) is 0 Å². The molecule has 2 nitrogen and oxygen atoms in total. The quantitative estimate of drug-likeness (QED) is 0.339. The van der Waals surface area contributed by atoms with E-state index in [1.54, 1.807) is 11.4 Å². The van der Waals surface area contributed by atoms with Crippen LogP contribution in [-0.2, 0) is 11.4 Å². The molecule has 0 bridgehead atoms. The van der Waals surface area contributed by atoms with Crippen molar-refractivity contribution in [3.63, 3.8) is 0 Å². The SMILES string of the molecule is [NH3+]C1=[S+]c2ccc3ccccc3c2[NH2+]1. The first-order valence-electron chi connectivity index (χ1n) is 4.58. The fourth-order valence-corrected chi connectivity index (χ4v) is 2.72. The van der Waals surface area contributed by atoms with Gasteiger partial charge in [-0.3, -0.25) is 0 Å². The summed E-state index contributed by atoms with van der Waals surface area (Å²) in [7, 11) is 0. The molecule has 1 aliphatic heterocycles. The monoisotopic (exact) mass is 203 g/mol. The summed E-state index contributed by atoms with van der Waals surface area (Å²) in [6, 6.07) is 12.8. The van der Waals surface area contributed by atoms with Crippen LogP contribution in [0.4, 0.5) is 5.69 Å². The van der Waals surface area contributed by atoms with Crippen LogP contribution in [0.15, 0.2) is 41.3 Å². The van der Waals surface area contributed by atoms with E-state index in [0.29, 0.717) is 0 Å². The molecule has 0 unspecified atom stereocenters. The van der Waals surface area contributed by atoms with Crippen LogP contribution >= 0.6 is 0 Å². The highest BCUT2D eigenvalue weighted by molar-refractivity contribution is 7.78. The van der Waals surface area contributed by atoms with E-state index in [1.165, 1.54) is 21.4 Å². The summed E-state index contributed by atoms with van der Waals surface area (Å²) < 4.78 is 0. The third-order valence-electron chi connectivity index (χ3n) is 2.48. The number of nitrogens with two attached hydrogens (primary N) is 1. The Labute approximate surface area is 85.7 Å². The van der Waals surface area contributed by atoms with Crippen LogP contribution < -0.4 is 11.1 Å². The van der Waals surface area contributed by atoms with Crippen LogP contribution in [0.25, 0.3) is 10.8 Å². The largest absolute Gasteiger partial charge is 0.548 e. The van der Waals surface area contributed by atoms with Crippen molar-refractivity contribution in [1.82, 2.24) is 0 Å². The van der Waals surface area contributed by atoms with Gasteiger partial charge in [-0.05, 0) is 17.5 Å². The maximum absolute atomic E-state index is 3.98. The van der Waals surface area contributed by atoms with Crippen LogP contribution in [0.1, 0.15) is 0 Å². The lowest BCUT2D eigenvalue weighted by atomic mass is 10.1. The van der Waals surface area contributed by atoms with E-state index in [1.807, 2.05) is 0 Å². The molecular formula is C11H11N2S+3. The Bertz CT molecular complexity index is 546. The van der Waals surface area contributed by atoms with Gasteiger partial charge < -0.3 is 0 Å². The van der Waals surface area contributed by atoms with Crippen molar-refractivity contribution in [2.75, 3.05) is 0 Å². The molecule has 0 aromatic heterocycles. The van der Waals surface area contributed by atoms with E-state index in [2.05, 4.69) is 47.4 Å². The van der Waals surface area contributed by atoms with Crippen molar-refractivity contribution < 1.29 is 11.1 Å². The molecule has 0 saturated heterocycles. The molecule has 14 heavy (non-hydrogen) atoms. The van der Waals surface area contributed by atoms with Crippen molar-refractivity contribution in [2.24, 2.45) is 0 Å². The van der Waals surface area contributed by atoms with Crippen LogP contribution in [0.3, 0.4) is 0 Å². The first-order valence-corrected chi connectivity index (χ1v) is 5.39. The second-order valence-corrected chi connectivity index (χ2v) is 4.58. The molecule has 0 amide bonds. The predicted molar refractivity (Wildman–Crippen MR) is 59.1 cm³/mol. The Hall–Kier alpha value is -1.29. The van der Waals surface area contributed by atoms with Crippen molar-refractivity contribution >= 4 is 32.9 Å². The summed E-state index contributed by atoms with van der Waals surface area (Å²) in [6.07, 6.45) is 0. The summed E-state index contributed by atoms with van der Waals surface area (Å²) in [5, 5.41) is 5.94. The number of fused-ring (bicyclic) bond motifs is 3. The van der Waals surface area contributed by atoms with Gasteiger partial charge in [0.05, 0.1) is 0 Å². The summed E-state index contributed by atoms with van der Waals surface area (Å²) >= 11 is 1.76. The van der Waals surface area contributed by atoms with E-state index in [9.17, 15) is 0 Å². The third-order valence-corrected chi connectivity index (χ3v) is 3.43. The summed E-state index contributed by atoms with van der Waals surface area (Å²) in [5.74, 6) is 0. The molecule has 0 spiro atoms. The highest BCUT2D eigenvalue weighted by atomic mass is 32.1. The molecule has 3 heteroatoms. The summed E-state index contributed by atoms with van der Waals surface area (Å²) in [6.45, 7) is 0. The Balaban J connectivity index is 2.38. The standard InChI is InChI=1S/C11H9N2S/c12-11-13-10-8-4-2-1-3-7(8)5-6-9(10)14-11/h1-6,13H,12H2/q+1/p+2. The van der Waals surface area contributed by atoms with E-state index < -0.39 is 0 Å². The first kappa shape index (κ1) is 8.05. The zero-order valence-electron chi connectivity index (χ0n) is 7.66. The Kier molecular flexibility index (Phi) is 1.64. The number of benzene rings is 2. The van der Waals surface area contributed by atoms with Gasteiger partial charge in [-0.1, -0.05) is 18.2 Å². The normalized spacial score (nSPS) is 14.2. The minimum atomic E-state index is 1.14. The van der Waals surface area contributed by atoms with E-state index in [4.69, 9.17) is 0 Å². The van der Waals surface area contributed by atoms with Crippen molar-refractivity contribution in [1.29, 1.82) is 0 Å². The Morgan fingerprint density at radius 2 is 1.93 bits per heavy atom. The smallest absolute Gasteiger partial charge is 0.225 e. The molecule has 0 radical (unpaired) electrons. The maximum atomic E-state index is 3.98. The van der Waals surface area contributed by atoms with Crippen LogP contribution in [-0.4, -0.2) is 5.11 Å². The molecular weight excluding hydrogens is 192 g/mol. The van der Waals surface area contributed by atoms with E-state index >= 15 is 0 Å². The van der Waals surface area contributed by atoms with Gasteiger partial charge in [-0.25, -0.2) is 5.73 Å². The lowest BCUT2D eigenvalue weighted by Crippen LogP contribution is -2.94. The van der Waals surface area contributed by atoms with Gasteiger partial charge in [-0.2, -0.15) is 5.32 Å². The number of quaternary nitrogens is 2. The van der Waals surface area contributed by atoms with Crippen LogP contribution in [0, 0.1) is 0 Å². The van der Waals surface area contributed by atoms with Crippen LogP contribution in [0.5, 0.6) is 0 Å². The number of rotatable bonds is 0. The molecule has 68 valence electrons. The molecule has 1 aliphatic rings. The minimum Gasteiger partial charge on any atom is -0.225 e. The molecule has 2 aromatic rings. The van der Waals surface area contributed by atoms with Crippen LogP contribution in [0.2, 0.25) is 0 Å². The zero-order valence-corrected chi connectivity index (χ0v) is 8.47. The molecule has 1 heterocycles. The Morgan fingerprint density at radius 1 is 1.07 bits per heavy atom. The fraction of sp³-hybridized carbons (Fsp3) is 0. The summed E-state index contributed by atoms with van der Waals surface area (Å²) in [4.78, 5) is 1.33. The highest BCUT2D eigenvalue weighted by Gasteiger charge is 2.34. The number of hydrogen-bond donors (Lipinski definition) is 2. The average Bonchev–Trinajstić information content (AvgIpc) is 2.59. The molecule has 0 aliphatic carbocycles. The predicted octanol–water partition coefficient (Wildman–Crippen LogP) is -0.181.